The van der Waals surface area contributed by atoms with Crippen LogP contribution in [0.2, 0.25) is 0 Å². The van der Waals surface area contributed by atoms with Gasteiger partial charge in [0.1, 0.15) is 24.3 Å². The molecule has 0 aliphatic carbocycles. The highest BCUT2D eigenvalue weighted by Crippen LogP contribution is 2.44. The van der Waals surface area contributed by atoms with Crippen LogP contribution in [0.3, 0.4) is 0 Å². The third-order valence-electron chi connectivity index (χ3n) is 5.82. The van der Waals surface area contributed by atoms with Crippen molar-refractivity contribution in [2.45, 2.75) is 26.8 Å². The zero-order valence-corrected chi connectivity index (χ0v) is 20.1. The lowest BCUT2D eigenvalue weighted by molar-refractivity contribution is -0.119. The normalized spacial score (nSPS) is 15.9. The summed E-state index contributed by atoms with van der Waals surface area (Å²) in [5.41, 5.74) is 2.67. The summed E-state index contributed by atoms with van der Waals surface area (Å²) in [6.45, 7) is 5.91. The molecule has 1 unspecified atom stereocenters. The number of rotatable bonds is 9. The first-order chi connectivity index (χ1) is 16.8. The van der Waals surface area contributed by atoms with Crippen LogP contribution >= 0.6 is 0 Å². The van der Waals surface area contributed by atoms with E-state index >= 15 is 0 Å². The maximum atomic E-state index is 13.3. The maximum absolute atomic E-state index is 13.3. The number of amides is 1. The molecule has 1 atom stereocenters. The molecular formula is C27H28N2O6. The van der Waals surface area contributed by atoms with Crippen LogP contribution in [0.4, 0.5) is 5.69 Å². The van der Waals surface area contributed by atoms with Gasteiger partial charge in [-0.2, -0.15) is 0 Å². The second-order valence-corrected chi connectivity index (χ2v) is 8.54. The van der Waals surface area contributed by atoms with Crippen LogP contribution in [-0.4, -0.2) is 42.1 Å². The Morgan fingerprint density at radius 2 is 1.86 bits per heavy atom. The molecule has 1 aromatic heterocycles. The van der Waals surface area contributed by atoms with Gasteiger partial charge in [-0.1, -0.05) is 44.2 Å². The minimum absolute atomic E-state index is 0.0593. The number of aryl methyl sites for hydroxylation is 1. The van der Waals surface area contributed by atoms with Crippen molar-refractivity contribution < 1.29 is 28.6 Å². The zero-order chi connectivity index (χ0) is 25.1. The standard InChI is InChI=1S/C27H28N2O6/c1-16(2)25(30)23-24(20-7-5-6-8-22(20)34-14-13-33-4)29(27(32)26(23)31)19-11-9-18(10-12-19)21-15-35-17(3)28-21/h5-12,15-16,24,31H,13-14H2,1-4H3. The van der Waals surface area contributed by atoms with Crippen molar-refractivity contribution in [2.24, 2.45) is 5.92 Å². The number of oxazole rings is 1. The number of Topliss-reactive ketones (excluding diaryl/α,β-unsaturated/α-hetero) is 1. The molecule has 1 N–H and O–H groups in total. The highest BCUT2D eigenvalue weighted by atomic mass is 16.5. The highest BCUT2D eigenvalue weighted by Gasteiger charge is 2.45. The number of aromatic nitrogens is 1. The molecular weight excluding hydrogens is 448 g/mol. The Balaban J connectivity index is 1.79. The van der Waals surface area contributed by atoms with E-state index in [1.807, 2.05) is 24.3 Å². The van der Waals surface area contributed by atoms with Crippen molar-refractivity contribution in [1.82, 2.24) is 4.98 Å². The third kappa shape index (κ3) is 4.70. The van der Waals surface area contributed by atoms with Gasteiger partial charge in [0, 0.05) is 36.8 Å². The summed E-state index contributed by atoms with van der Waals surface area (Å²) >= 11 is 0. The smallest absolute Gasteiger partial charge is 0.294 e. The van der Waals surface area contributed by atoms with Gasteiger partial charge in [0.25, 0.3) is 5.91 Å². The number of carbonyl (C=O) groups excluding carboxylic acids is 2. The van der Waals surface area contributed by atoms with Gasteiger partial charge >= 0.3 is 0 Å². The fourth-order valence-electron chi connectivity index (χ4n) is 4.09. The fourth-order valence-corrected chi connectivity index (χ4v) is 4.09. The lowest BCUT2D eigenvalue weighted by Crippen LogP contribution is -2.31. The number of nitrogens with zero attached hydrogens (tertiary/aromatic N) is 2. The van der Waals surface area contributed by atoms with Crippen LogP contribution in [0.5, 0.6) is 5.75 Å². The number of aliphatic hydroxyl groups excluding tert-OH is 1. The summed E-state index contributed by atoms with van der Waals surface area (Å²) in [6, 6.07) is 13.5. The van der Waals surface area contributed by atoms with Crippen LogP contribution < -0.4 is 9.64 Å². The molecule has 8 heteroatoms. The number of benzene rings is 2. The van der Waals surface area contributed by atoms with Crippen molar-refractivity contribution in [2.75, 3.05) is 25.2 Å². The molecule has 0 saturated heterocycles. The molecule has 0 fully saturated rings. The van der Waals surface area contributed by atoms with Gasteiger partial charge in [0.2, 0.25) is 0 Å². The van der Waals surface area contributed by atoms with E-state index in [9.17, 15) is 14.7 Å². The lowest BCUT2D eigenvalue weighted by atomic mass is 9.90. The van der Waals surface area contributed by atoms with E-state index in [-0.39, 0.29) is 11.4 Å². The SMILES string of the molecule is COCCOc1ccccc1C1C(C(=O)C(C)C)=C(O)C(=O)N1c1ccc(-c2coc(C)n2)cc1. The summed E-state index contributed by atoms with van der Waals surface area (Å²) in [5, 5.41) is 10.9. The first-order valence-electron chi connectivity index (χ1n) is 11.4. The van der Waals surface area contributed by atoms with Gasteiger partial charge in [-0.25, -0.2) is 4.98 Å². The van der Waals surface area contributed by atoms with Crippen LogP contribution in [0, 0.1) is 12.8 Å². The molecule has 2 aromatic carbocycles. The number of ketones is 1. The largest absolute Gasteiger partial charge is 0.503 e. The number of carbonyl (C=O) groups is 2. The van der Waals surface area contributed by atoms with E-state index in [1.165, 1.54) is 4.90 Å². The average Bonchev–Trinajstić information content (AvgIpc) is 3.40. The molecule has 2 heterocycles. The fraction of sp³-hybridized carbons (Fsp3) is 0.296. The Labute approximate surface area is 203 Å². The van der Waals surface area contributed by atoms with Crippen molar-refractivity contribution >= 4 is 17.4 Å². The molecule has 0 saturated carbocycles. The first kappa shape index (κ1) is 24.2. The minimum Gasteiger partial charge on any atom is -0.503 e. The second-order valence-electron chi connectivity index (χ2n) is 8.54. The topological polar surface area (TPSA) is 102 Å². The van der Waals surface area contributed by atoms with E-state index in [4.69, 9.17) is 13.9 Å². The van der Waals surface area contributed by atoms with E-state index < -0.39 is 23.6 Å². The van der Waals surface area contributed by atoms with Gasteiger partial charge in [-0.05, 0) is 18.2 Å². The molecule has 8 nitrogen and oxygen atoms in total. The molecule has 3 aromatic rings. The predicted octanol–water partition coefficient (Wildman–Crippen LogP) is 4.80. The summed E-state index contributed by atoms with van der Waals surface area (Å²) in [5.74, 6) is -0.848. The minimum atomic E-state index is -0.851. The van der Waals surface area contributed by atoms with Crippen molar-refractivity contribution in [3.63, 3.8) is 0 Å². The van der Waals surface area contributed by atoms with Crippen LogP contribution in [0.25, 0.3) is 11.3 Å². The summed E-state index contributed by atoms with van der Waals surface area (Å²) in [7, 11) is 1.58. The Morgan fingerprint density at radius 1 is 1.14 bits per heavy atom. The van der Waals surface area contributed by atoms with Crippen LogP contribution in [0.15, 0.2) is 70.5 Å². The van der Waals surface area contributed by atoms with E-state index in [0.717, 1.165) is 5.56 Å². The van der Waals surface area contributed by atoms with E-state index in [2.05, 4.69) is 4.98 Å². The number of aliphatic hydroxyl groups is 1. The number of para-hydroxylation sites is 1. The van der Waals surface area contributed by atoms with Crippen molar-refractivity contribution in [3.8, 4) is 17.0 Å². The number of anilines is 1. The highest BCUT2D eigenvalue weighted by molar-refractivity contribution is 6.17. The number of hydrogen-bond acceptors (Lipinski definition) is 7. The molecule has 0 bridgehead atoms. The van der Waals surface area contributed by atoms with Crippen molar-refractivity contribution in [3.05, 3.63) is 77.6 Å². The average molecular weight is 477 g/mol. The van der Waals surface area contributed by atoms with Gasteiger partial charge in [-0.15, -0.1) is 0 Å². The Hall–Kier alpha value is -3.91. The van der Waals surface area contributed by atoms with Gasteiger partial charge in [0.05, 0.1) is 18.2 Å². The molecule has 1 amide bonds. The second kappa shape index (κ2) is 10.1. The summed E-state index contributed by atoms with van der Waals surface area (Å²) < 4.78 is 16.3. The molecule has 0 radical (unpaired) electrons. The summed E-state index contributed by atoms with van der Waals surface area (Å²) in [4.78, 5) is 32.3. The Morgan fingerprint density at radius 3 is 2.49 bits per heavy atom. The lowest BCUT2D eigenvalue weighted by Gasteiger charge is -2.28. The molecule has 1 aliphatic heterocycles. The van der Waals surface area contributed by atoms with Crippen LogP contribution in [-0.2, 0) is 14.3 Å². The molecule has 182 valence electrons. The Bertz CT molecular complexity index is 1260. The molecule has 35 heavy (non-hydrogen) atoms. The van der Waals surface area contributed by atoms with Gasteiger partial charge < -0.3 is 19.0 Å². The monoisotopic (exact) mass is 476 g/mol. The first-order valence-corrected chi connectivity index (χ1v) is 11.4. The third-order valence-corrected chi connectivity index (χ3v) is 5.82. The van der Waals surface area contributed by atoms with Crippen molar-refractivity contribution in [1.29, 1.82) is 0 Å². The quantitative estimate of drug-likeness (QED) is 0.443. The molecule has 1 aliphatic rings. The Kier molecular flexibility index (Phi) is 7.02. The van der Waals surface area contributed by atoms with E-state index in [0.29, 0.717) is 41.8 Å². The van der Waals surface area contributed by atoms with Gasteiger partial charge in [-0.3, -0.25) is 14.5 Å². The number of hydrogen-bond donors (Lipinski definition) is 1. The number of methoxy groups -OCH3 is 1. The predicted molar refractivity (Wildman–Crippen MR) is 130 cm³/mol. The summed E-state index contributed by atoms with van der Waals surface area (Å²) in [6.07, 6.45) is 1.56. The van der Waals surface area contributed by atoms with E-state index in [1.54, 1.807) is 58.4 Å². The van der Waals surface area contributed by atoms with Gasteiger partial charge in [0.15, 0.2) is 17.4 Å². The van der Waals surface area contributed by atoms with Crippen LogP contribution in [0.1, 0.15) is 31.3 Å². The molecule has 0 spiro atoms. The maximum Gasteiger partial charge on any atom is 0.294 e. The zero-order valence-electron chi connectivity index (χ0n) is 20.1. The molecule has 4 rings (SSSR count). The number of ether oxygens (including phenoxy) is 2.